The summed E-state index contributed by atoms with van der Waals surface area (Å²) in [6.45, 7) is 2.46. The highest BCUT2D eigenvalue weighted by Crippen LogP contribution is 2.21. The van der Waals surface area contributed by atoms with Gasteiger partial charge < -0.3 is 25.4 Å². The van der Waals surface area contributed by atoms with Crippen molar-refractivity contribution < 1.29 is 14.4 Å². The molecule has 0 saturated carbocycles. The van der Waals surface area contributed by atoms with Crippen LogP contribution in [0.15, 0.2) is 24.3 Å². The molecule has 2 heterocycles. The number of rotatable bonds is 2. The smallest absolute Gasteiger partial charge is 0.322 e. The molecule has 3 N–H and O–H groups in total. The topological polar surface area (TPSA) is 97.5 Å². The van der Waals surface area contributed by atoms with Crippen LogP contribution in [-0.4, -0.2) is 65.9 Å². The van der Waals surface area contributed by atoms with Gasteiger partial charge in [0.2, 0.25) is 5.91 Å². The zero-order chi connectivity index (χ0) is 18.1. The first-order chi connectivity index (χ1) is 11.9. The van der Waals surface area contributed by atoms with Gasteiger partial charge in [-0.25, -0.2) is 4.79 Å². The molecule has 1 aromatic heterocycles. The average Bonchev–Trinajstić information content (AvgIpc) is 3.01. The summed E-state index contributed by atoms with van der Waals surface area (Å²) in [5.41, 5.74) is 1.87. The number of nitrogens with zero attached hydrogens (tertiary/aromatic N) is 2. The number of hydrogen-bond donors (Lipinski definition) is 3. The highest BCUT2D eigenvalue weighted by molar-refractivity contribution is 6.00. The quantitative estimate of drug-likeness (QED) is 0.765. The molecule has 1 aliphatic rings. The Labute approximate surface area is 145 Å². The first-order valence-electron chi connectivity index (χ1n) is 8.05. The lowest BCUT2D eigenvalue weighted by atomic mass is 10.2. The standard InChI is InChI=1S/C17H21N5O3/c1-10-8-22(9-15(23)21(10)3)17(25)19-12-4-5-13-11(6-12)7-14(20-13)16(24)18-2/h4-7,10,20H,8-9H2,1-3H3,(H,18,24)(H,19,25). The van der Waals surface area contributed by atoms with Gasteiger partial charge in [-0.1, -0.05) is 0 Å². The van der Waals surface area contributed by atoms with E-state index < -0.39 is 0 Å². The number of benzene rings is 1. The Bertz CT molecular complexity index is 844. The van der Waals surface area contributed by atoms with Crippen molar-refractivity contribution in [1.82, 2.24) is 20.1 Å². The van der Waals surface area contributed by atoms with Crippen molar-refractivity contribution in [3.05, 3.63) is 30.0 Å². The molecule has 3 rings (SSSR count). The molecule has 8 heteroatoms. The van der Waals surface area contributed by atoms with Crippen LogP contribution in [0.5, 0.6) is 0 Å². The first-order valence-corrected chi connectivity index (χ1v) is 8.05. The molecule has 0 radical (unpaired) electrons. The number of anilines is 1. The van der Waals surface area contributed by atoms with Crippen LogP contribution in [0, 0.1) is 0 Å². The normalized spacial score (nSPS) is 17.7. The summed E-state index contributed by atoms with van der Waals surface area (Å²) in [5.74, 6) is -0.281. The third-order valence-corrected chi connectivity index (χ3v) is 4.50. The minimum absolute atomic E-state index is 0.0192. The van der Waals surface area contributed by atoms with Crippen molar-refractivity contribution >= 4 is 34.4 Å². The van der Waals surface area contributed by atoms with Crippen molar-refractivity contribution in [1.29, 1.82) is 0 Å². The van der Waals surface area contributed by atoms with Crippen LogP contribution in [0.2, 0.25) is 0 Å². The fourth-order valence-corrected chi connectivity index (χ4v) is 2.85. The Morgan fingerprint density at radius 1 is 1.28 bits per heavy atom. The predicted octanol–water partition coefficient (Wildman–Crippen LogP) is 1.22. The van der Waals surface area contributed by atoms with Gasteiger partial charge in [0.25, 0.3) is 5.91 Å². The van der Waals surface area contributed by atoms with E-state index in [1.54, 1.807) is 43.3 Å². The maximum Gasteiger partial charge on any atom is 0.322 e. The molecular weight excluding hydrogens is 322 g/mol. The van der Waals surface area contributed by atoms with E-state index in [1.807, 2.05) is 6.92 Å². The van der Waals surface area contributed by atoms with Crippen LogP contribution in [0.1, 0.15) is 17.4 Å². The van der Waals surface area contributed by atoms with E-state index in [1.165, 1.54) is 4.90 Å². The molecule has 2 aromatic rings. The zero-order valence-electron chi connectivity index (χ0n) is 14.4. The summed E-state index contributed by atoms with van der Waals surface area (Å²) in [6.07, 6.45) is 0. The average molecular weight is 343 g/mol. The van der Waals surface area contributed by atoms with Crippen molar-refractivity contribution in [2.24, 2.45) is 0 Å². The molecule has 25 heavy (non-hydrogen) atoms. The van der Waals surface area contributed by atoms with Crippen LogP contribution in [-0.2, 0) is 4.79 Å². The van der Waals surface area contributed by atoms with Gasteiger partial charge in [0.05, 0.1) is 0 Å². The molecule has 0 bridgehead atoms. The van der Waals surface area contributed by atoms with Crippen molar-refractivity contribution in [3.63, 3.8) is 0 Å². The number of aromatic nitrogens is 1. The Morgan fingerprint density at radius 2 is 2.04 bits per heavy atom. The van der Waals surface area contributed by atoms with Gasteiger partial charge in [0.15, 0.2) is 0 Å². The number of fused-ring (bicyclic) bond motifs is 1. The Morgan fingerprint density at radius 3 is 2.72 bits per heavy atom. The second-order valence-corrected chi connectivity index (χ2v) is 6.23. The fraction of sp³-hybridized carbons (Fsp3) is 0.353. The predicted molar refractivity (Wildman–Crippen MR) is 94.5 cm³/mol. The molecule has 1 saturated heterocycles. The largest absolute Gasteiger partial charge is 0.354 e. The number of H-pyrrole nitrogens is 1. The lowest BCUT2D eigenvalue weighted by Crippen LogP contribution is -2.56. The lowest BCUT2D eigenvalue weighted by Gasteiger charge is -2.37. The molecule has 1 aliphatic heterocycles. The number of likely N-dealkylation sites (N-methyl/N-ethyl adjacent to an activating group) is 1. The molecule has 1 atom stereocenters. The van der Waals surface area contributed by atoms with E-state index in [4.69, 9.17) is 0 Å². The van der Waals surface area contributed by atoms with Gasteiger partial charge in [-0.3, -0.25) is 9.59 Å². The first kappa shape index (κ1) is 16.8. The third kappa shape index (κ3) is 3.28. The van der Waals surface area contributed by atoms with Crippen LogP contribution in [0.25, 0.3) is 10.9 Å². The molecule has 1 aromatic carbocycles. The maximum atomic E-state index is 12.4. The summed E-state index contributed by atoms with van der Waals surface area (Å²) in [6, 6.07) is 6.74. The van der Waals surface area contributed by atoms with E-state index in [9.17, 15) is 14.4 Å². The SMILES string of the molecule is CNC(=O)c1cc2cc(NC(=O)N3CC(=O)N(C)C(C)C3)ccc2[nH]1. The lowest BCUT2D eigenvalue weighted by molar-refractivity contribution is -0.135. The number of nitrogens with one attached hydrogen (secondary N) is 3. The van der Waals surface area contributed by atoms with Gasteiger partial charge in [0, 0.05) is 43.3 Å². The van der Waals surface area contributed by atoms with E-state index in [2.05, 4.69) is 15.6 Å². The van der Waals surface area contributed by atoms with Gasteiger partial charge in [0.1, 0.15) is 12.2 Å². The Hall–Kier alpha value is -3.03. The van der Waals surface area contributed by atoms with Gasteiger partial charge >= 0.3 is 6.03 Å². The van der Waals surface area contributed by atoms with Crippen LogP contribution < -0.4 is 10.6 Å². The Balaban J connectivity index is 1.75. The number of hydrogen-bond acceptors (Lipinski definition) is 3. The van der Waals surface area contributed by atoms with Crippen LogP contribution in [0.4, 0.5) is 10.5 Å². The zero-order valence-corrected chi connectivity index (χ0v) is 14.4. The summed E-state index contributed by atoms with van der Waals surface area (Å²) >= 11 is 0. The molecule has 132 valence electrons. The molecule has 1 unspecified atom stereocenters. The second kappa shape index (κ2) is 6.46. The molecule has 8 nitrogen and oxygen atoms in total. The van der Waals surface area contributed by atoms with E-state index >= 15 is 0 Å². The van der Waals surface area contributed by atoms with Crippen molar-refractivity contribution in [2.75, 3.05) is 32.5 Å². The Kier molecular flexibility index (Phi) is 4.35. The number of urea groups is 1. The number of carbonyl (C=O) groups excluding carboxylic acids is 3. The summed E-state index contributed by atoms with van der Waals surface area (Å²) in [7, 11) is 3.31. The summed E-state index contributed by atoms with van der Waals surface area (Å²) in [5, 5.41) is 6.19. The van der Waals surface area contributed by atoms with E-state index in [-0.39, 0.29) is 30.4 Å². The number of piperazine rings is 1. The van der Waals surface area contributed by atoms with Gasteiger partial charge in [-0.2, -0.15) is 0 Å². The van der Waals surface area contributed by atoms with Gasteiger partial charge in [-0.15, -0.1) is 0 Å². The molecule has 4 amide bonds. The minimum Gasteiger partial charge on any atom is -0.354 e. The molecule has 0 spiro atoms. The van der Waals surface area contributed by atoms with Crippen LogP contribution in [0.3, 0.4) is 0 Å². The minimum atomic E-state index is -0.310. The molecule has 1 fully saturated rings. The molecular formula is C17H21N5O3. The number of amides is 4. The molecule has 0 aliphatic carbocycles. The highest BCUT2D eigenvalue weighted by atomic mass is 16.2. The summed E-state index contributed by atoms with van der Waals surface area (Å²) < 4.78 is 0. The van der Waals surface area contributed by atoms with E-state index in [0.29, 0.717) is 17.9 Å². The highest BCUT2D eigenvalue weighted by Gasteiger charge is 2.29. The van der Waals surface area contributed by atoms with Gasteiger partial charge in [-0.05, 0) is 31.2 Å². The third-order valence-electron chi connectivity index (χ3n) is 4.50. The van der Waals surface area contributed by atoms with Crippen molar-refractivity contribution in [2.45, 2.75) is 13.0 Å². The fourth-order valence-electron chi connectivity index (χ4n) is 2.85. The second-order valence-electron chi connectivity index (χ2n) is 6.23. The monoisotopic (exact) mass is 343 g/mol. The number of carbonyl (C=O) groups is 3. The van der Waals surface area contributed by atoms with Crippen molar-refractivity contribution in [3.8, 4) is 0 Å². The number of aromatic amines is 1. The van der Waals surface area contributed by atoms with Crippen LogP contribution >= 0.6 is 0 Å². The van der Waals surface area contributed by atoms with E-state index in [0.717, 1.165) is 10.9 Å². The maximum absolute atomic E-state index is 12.4. The summed E-state index contributed by atoms with van der Waals surface area (Å²) in [4.78, 5) is 42.2.